The zero-order chi connectivity index (χ0) is 10.6. The van der Waals surface area contributed by atoms with Gasteiger partial charge in [0.25, 0.3) is 0 Å². The van der Waals surface area contributed by atoms with Gasteiger partial charge in [-0.15, -0.1) is 0 Å². The molecule has 0 fully saturated rings. The average molecular weight is 261 g/mol. The zero-order valence-electron chi connectivity index (χ0n) is 7.48. The Balaban J connectivity index is 2.67. The Hall–Kier alpha value is -1.01. The van der Waals surface area contributed by atoms with Crippen LogP contribution in [0.1, 0.15) is 5.82 Å². The largest absolute Gasteiger partial charge is 0.479 e. The van der Waals surface area contributed by atoms with Crippen molar-refractivity contribution < 1.29 is 14.6 Å². The standard InChI is InChI=1S/C8H9BrN2O3/c1-14-6(8(12)13)2-7-10-3-5(9)4-11-7/h3-4,6H,2H2,1H3,(H,12,13). The third kappa shape index (κ3) is 3.04. The molecule has 1 unspecified atom stereocenters. The van der Waals surface area contributed by atoms with Crippen LogP contribution in [-0.2, 0) is 16.0 Å². The molecule has 1 heterocycles. The van der Waals surface area contributed by atoms with Crippen LogP contribution >= 0.6 is 15.9 Å². The molecule has 0 spiro atoms. The number of carboxylic acids is 1. The topological polar surface area (TPSA) is 72.3 Å². The molecular formula is C8H9BrN2O3. The summed E-state index contributed by atoms with van der Waals surface area (Å²) < 4.78 is 5.51. The van der Waals surface area contributed by atoms with Crippen LogP contribution in [0.2, 0.25) is 0 Å². The normalized spacial score (nSPS) is 12.4. The highest BCUT2D eigenvalue weighted by Crippen LogP contribution is 2.06. The van der Waals surface area contributed by atoms with Gasteiger partial charge >= 0.3 is 5.97 Å². The Morgan fingerprint density at radius 2 is 2.21 bits per heavy atom. The number of rotatable bonds is 4. The zero-order valence-corrected chi connectivity index (χ0v) is 9.06. The first-order chi connectivity index (χ1) is 6.63. The highest BCUT2D eigenvalue weighted by molar-refractivity contribution is 9.10. The molecule has 1 atom stereocenters. The van der Waals surface area contributed by atoms with Gasteiger partial charge in [-0.1, -0.05) is 0 Å². The number of carboxylic acid groups (broad SMARTS) is 1. The lowest BCUT2D eigenvalue weighted by atomic mass is 10.2. The van der Waals surface area contributed by atoms with Gasteiger partial charge in [-0.3, -0.25) is 0 Å². The summed E-state index contributed by atoms with van der Waals surface area (Å²) in [5, 5.41) is 8.70. The minimum absolute atomic E-state index is 0.166. The van der Waals surface area contributed by atoms with Crippen molar-refractivity contribution in [3.63, 3.8) is 0 Å². The molecule has 0 radical (unpaired) electrons. The first-order valence-corrected chi connectivity index (χ1v) is 4.65. The lowest BCUT2D eigenvalue weighted by molar-refractivity contribution is -0.148. The van der Waals surface area contributed by atoms with Crippen LogP contribution in [0.5, 0.6) is 0 Å². The molecule has 76 valence electrons. The molecule has 0 bridgehead atoms. The van der Waals surface area contributed by atoms with Crippen LogP contribution in [-0.4, -0.2) is 34.3 Å². The summed E-state index contributed by atoms with van der Waals surface area (Å²) in [7, 11) is 1.34. The van der Waals surface area contributed by atoms with Crippen molar-refractivity contribution in [1.29, 1.82) is 0 Å². The number of carbonyl (C=O) groups is 1. The summed E-state index contributed by atoms with van der Waals surface area (Å²) in [5.41, 5.74) is 0. The van der Waals surface area contributed by atoms with Crippen LogP contribution in [0.25, 0.3) is 0 Å². The smallest absolute Gasteiger partial charge is 0.333 e. The quantitative estimate of drug-likeness (QED) is 0.871. The minimum atomic E-state index is -1.01. The summed E-state index contributed by atoms with van der Waals surface area (Å²) in [4.78, 5) is 18.5. The molecule has 1 rings (SSSR count). The van der Waals surface area contributed by atoms with E-state index in [1.807, 2.05) is 0 Å². The van der Waals surface area contributed by atoms with Gasteiger partial charge in [0.2, 0.25) is 0 Å². The molecule has 0 saturated heterocycles. The van der Waals surface area contributed by atoms with Gasteiger partial charge in [0.15, 0.2) is 6.10 Å². The van der Waals surface area contributed by atoms with E-state index in [2.05, 4.69) is 25.9 Å². The van der Waals surface area contributed by atoms with E-state index in [4.69, 9.17) is 9.84 Å². The van der Waals surface area contributed by atoms with Crippen LogP contribution in [0.3, 0.4) is 0 Å². The first kappa shape index (κ1) is 11.1. The number of methoxy groups -OCH3 is 1. The van der Waals surface area contributed by atoms with Crippen LogP contribution in [0, 0.1) is 0 Å². The fourth-order valence-corrected chi connectivity index (χ4v) is 1.09. The fraction of sp³-hybridized carbons (Fsp3) is 0.375. The Labute approximate surface area is 89.3 Å². The van der Waals surface area contributed by atoms with E-state index < -0.39 is 12.1 Å². The van der Waals surface area contributed by atoms with Crippen molar-refractivity contribution in [2.24, 2.45) is 0 Å². The van der Waals surface area contributed by atoms with Gasteiger partial charge < -0.3 is 9.84 Å². The van der Waals surface area contributed by atoms with E-state index in [1.165, 1.54) is 7.11 Å². The van der Waals surface area contributed by atoms with Crippen LogP contribution < -0.4 is 0 Å². The van der Waals surface area contributed by atoms with Crippen LogP contribution in [0.4, 0.5) is 0 Å². The molecule has 1 N–H and O–H groups in total. The molecule has 14 heavy (non-hydrogen) atoms. The molecule has 0 aliphatic heterocycles. The van der Waals surface area contributed by atoms with Crippen molar-refractivity contribution >= 4 is 21.9 Å². The maximum Gasteiger partial charge on any atom is 0.333 e. The Morgan fingerprint density at radius 1 is 1.64 bits per heavy atom. The van der Waals surface area contributed by atoms with Gasteiger partial charge in [-0.25, -0.2) is 14.8 Å². The van der Waals surface area contributed by atoms with Gasteiger partial charge in [0, 0.05) is 25.9 Å². The summed E-state index contributed by atoms with van der Waals surface area (Å²) >= 11 is 3.19. The first-order valence-electron chi connectivity index (χ1n) is 3.85. The average Bonchev–Trinajstić information content (AvgIpc) is 2.16. The summed E-state index contributed by atoms with van der Waals surface area (Å²) in [6.45, 7) is 0. The number of ether oxygens (including phenoxy) is 1. The predicted octanol–water partition coefficient (Wildman–Crippen LogP) is 0.881. The van der Waals surface area contributed by atoms with Crippen molar-refractivity contribution in [2.45, 2.75) is 12.5 Å². The number of halogens is 1. The third-order valence-corrected chi connectivity index (χ3v) is 2.01. The van der Waals surface area contributed by atoms with E-state index in [0.29, 0.717) is 5.82 Å². The lowest BCUT2D eigenvalue weighted by Gasteiger charge is -2.08. The van der Waals surface area contributed by atoms with Crippen molar-refractivity contribution in [3.8, 4) is 0 Å². The number of aromatic nitrogens is 2. The van der Waals surface area contributed by atoms with Crippen molar-refractivity contribution in [2.75, 3.05) is 7.11 Å². The molecule has 1 aromatic heterocycles. The molecule has 6 heteroatoms. The number of nitrogens with zero attached hydrogens (tertiary/aromatic N) is 2. The summed E-state index contributed by atoms with van der Waals surface area (Å²) in [5.74, 6) is -0.568. The van der Waals surface area contributed by atoms with Gasteiger partial charge in [-0.05, 0) is 15.9 Å². The monoisotopic (exact) mass is 260 g/mol. The fourth-order valence-electron chi connectivity index (χ4n) is 0.882. The second-order valence-electron chi connectivity index (χ2n) is 2.58. The predicted molar refractivity (Wildman–Crippen MR) is 51.9 cm³/mol. The molecule has 0 aliphatic rings. The number of hydrogen-bond donors (Lipinski definition) is 1. The van der Waals surface area contributed by atoms with Gasteiger partial charge in [-0.2, -0.15) is 0 Å². The maximum atomic E-state index is 10.6. The van der Waals surface area contributed by atoms with Crippen molar-refractivity contribution in [1.82, 2.24) is 9.97 Å². The van der Waals surface area contributed by atoms with Crippen LogP contribution in [0.15, 0.2) is 16.9 Å². The van der Waals surface area contributed by atoms with E-state index in [9.17, 15) is 4.79 Å². The molecule has 1 aromatic rings. The Bertz CT molecular complexity index is 315. The summed E-state index contributed by atoms with van der Waals surface area (Å²) in [6, 6.07) is 0. The maximum absolute atomic E-state index is 10.6. The molecular weight excluding hydrogens is 252 g/mol. The highest BCUT2D eigenvalue weighted by Gasteiger charge is 2.18. The van der Waals surface area contributed by atoms with E-state index >= 15 is 0 Å². The Morgan fingerprint density at radius 3 is 2.64 bits per heavy atom. The molecule has 0 amide bonds. The number of hydrogen-bond acceptors (Lipinski definition) is 4. The minimum Gasteiger partial charge on any atom is -0.479 e. The molecule has 0 saturated carbocycles. The second kappa shape index (κ2) is 5.02. The SMILES string of the molecule is COC(Cc1ncc(Br)cn1)C(=O)O. The highest BCUT2D eigenvalue weighted by atomic mass is 79.9. The Kier molecular flexibility index (Phi) is 3.97. The third-order valence-electron chi connectivity index (χ3n) is 1.60. The molecule has 5 nitrogen and oxygen atoms in total. The second-order valence-corrected chi connectivity index (χ2v) is 3.50. The number of aliphatic carboxylic acids is 1. The van der Waals surface area contributed by atoms with E-state index in [0.717, 1.165) is 4.47 Å². The molecule has 0 aliphatic carbocycles. The van der Waals surface area contributed by atoms with Crippen molar-refractivity contribution in [3.05, 3.63) is 22.7 Å². The van der Waals surface area contributed by atoms with E-state index in [1.54, 1.807) is 12.4 Å². The van der Waals surface area contributed by atoms with Gasteiger partial charge in [0.05, 0.1) is 4.47 Å². The summed E-state index contributed by atoms with van der Waals surface area (Å²) in [6.07, 6.45) is 2.41. The van der Waals surface area contributed by atoms with E-state index in [-0.39, 0.29) is 6.42 Å². The lowest BCUT2D eigenvalue weighted by Crippen LogP contribution is -2.25. The van der Waals surface area contributed by atoms with Gasteiger partial charge in [0.1, 0.15) is 5.82 Å². The molecule has 0 aromatic carbocycles.